The molecule has 7 heteroatoms. The molecular formula is C20H16F3NO2S. The molecule has 0 amide bonds. The van der Waals surface area contributed by atoms with Crippen molar-refractivity contribution in [3.63, 3.8) is 0 Å². The number of carbonyl (C=O) groups is 1. The molecule has 0 atom stereocenters. The molecule has 3 nitrogen and oxygen atoms in total. The average Bonchev–Trinajstić information content (AvgIpc) is 2.62. The Labute approximate surface area is 159 Å². The number of ether oxygens (including phenoxy) is 1. The van der Waals surface area contributed by atoms with Gasteiger partial charge < -0.3 is 4.74 Å². The van der Waals surface area contributed by atoms with E-state index in [2.05, 4.69) is 0 Å². The van der Waals surface area contributed by atoms with E-state index in [9.17, 15) is 23.2 Å². The summed E-state index contributed by atoms with van der Waals surface area (Å²) in [5.74, 6) is -0.406. The van der Waals surface area contributed by atoms with Gasteiger partial charge in [0.05, 0.1) is 5.56 Å². The van der Waals surface area contributed by atoms with Crippen molar-refractivity contribution in [2.45, 2.75) is 20.0 Å². The number of halogens is 3. The first-order valence-electron chi connectivity index (χ1n) is 7.83. The first kappa shape index (κ1) is 20.6. The zero-order chi connectivity index (χ0) is 20.2. The highest BCUT2D eigenvalue weighted by Gasteiger charge is 2.35. The summed E-state index contributed by atoms with van der Waals surface area (Å²) < 4.78 is 45.6. The molecule has 0 aliphatic rings. The van der Waals surface area contributed by atoms with Gasteiger partial charge in [0.2, 0.25) is 0 Å². The largest absolute Gasteiger partial charge is 0.417 e. The van der Waals surface area contributed by atoms with Crippen LogP contribution in [-0.4, -0.2) is 11.6 Å². The SMILES string of the molecule is CSC(=O)OC(=C(C#N)c1ccc(C)cc1C)c1ccccc1C(F)(F)F. The fourth-order valence-electron chi connectivity index (χ4n) is 2.62. The second-order valence-corrected chi connectivity index (χ2v) is 6.48. The van der Waals surface area contributed by atoms with Gasteiger partial charge in [-0.2, -0.15) is 18.4 Å². The highest BCUT2D eigenvalue weighted by atomic mass is 32.2. The van der Waals surface area contributed by atoms with E-state index >= 15 is 0 Å². The summed E-state index contributed by atoms with van der Waals surface area (Å²) in [6.45, 7) is 3.60. The normalized spacial score (nSPS) is 12.2. The van der Waals surface area contributed by atoms with Crippen LogP contribution in [0.15, 0.2) is 42.5 Å². The summed E-state index contributed by atoms with van der Waals surface area (Å²) in [5, 5.41) is 8.89. The number of nitriles is 1. The number of hydrogen-bond donors (Lipinski definition) is 0. The molecule has 0 unspecified atom stereocenters. The molecule has 0 heterocycles. The quantitative estimate of drug-likeness (QED) is 0.270. The number of aryl methyl sites for hydroxylation is 2. The van der Waals surface area contributed by atoms with Crippen molar-refractivity contribution in [3.05, 3.63) is 70.3 Å². The lowest BCUT2D eigenvalue weighted by molar-refractivity contribution is -0.137. The lowest BCUT2D eigenvalue weighted by Crippen LogP contribution is -2.11. The van der Waals surface area contributed by atoms with Crippen molar-refractivity contribution < 1.29 is 22.7 Å². The number of carbonyl (C=O) groups excluding carboxylic acids is 1. The summed E-state index contributed by atoms with van der Waals surface area (Å²) in [7, 11) is 0. The van der Waals surface area contributed by atoms with E-state index < -0.39 is 22.8 Å². The van der Waals surface area contributed by atoms with E-state index in [0.717, 1.165) is 11.6 Å². The van der Waals surface area contributed by atoms with Crippen LogP contribution in [0.5, 0.6) is 0 Å². The summed E-state index contributed by atoms with van der Waals surface area (Å²) in [6, 6.07) is 11.8. The molecule has 0 aliphatic heterocycles. The standard InChI is InChI=1S/C20H16F3NO2S/c1-12-8-9-14(13(2)10-12)16(11-24)18(26-19(25)27-3)15-6-4-5-7-17(15)20(21,22)23/h4-10H,1-3H3. The molecule has 27 heavy (non-hydrogen) atoms. The van der Waals surface area contributed by atoms with Crippen molar-refractivity contribution in [2.75, 3.05) is 6.26 Å². The molecular weight excluding hydrogens is 375 g/mol. The van der Waals surface area contributed by atoms with Crippen LogP contribution in [0.2, 0.25) is 0 Å². The molecule has 0 aromatic heterocycles. The first-order chi connectivity index (χ1) is 12.7. The third-order valence-electron chi connectivity index (χ3n) is 3.82. The zero-order valence-corrected chi connectivity index (χ0v) is 15.7. The maximum absolute atomic E-state index is 13.5. The summed E-state index contributed by atoms with van der Waals surface area (Å²) in [6.07, 6.45) is -3.23. The van der Waals surface area contributed by atoms with Crippen LogP contribution >= 0.6 is 11.8 Å². The van der Waals surface area contributed by atoms with Gasteiger partial charge in [0, 0.05) is 5.56 Å². The Hall–Kier alpha value is -2.72. The molecule has 0 saturated carbocycles. The number of rotatable bonds is 3. The van der Waals surface area contributed by atoms with Crippen LogP contribution in [0.3, 0.4) is 0 Å². The molecule has 0 N–H and O–H groups in total. The Morgan fingerprint density at radius 3 is 2.33 bits per heavy atom. The van der Waals surface area contributed by atoms with E-state index in [-0.39, 0.29) is 11.1 Å². The number of nitrogens with zero attached hydrogens (tertiary/aromatic N) is 1. The second-order valence-electron chi connectivity index (χ2n) is 5.73. The topological polar surface area (TPSA) is 50.1 Å². The molecule has 0 aliphatic carbocycles. The van der Waals surface area contributed by atoms with Crippen LogP contribution in [0.25, 0.3) is 11.3 Å². The fraction of sp³-hybridized carbons (Fsp3) is 0.200. The lowest BCUT2D eigenvalue weighted by Gasteiger charge is -2.17. The third-order valence-corrected chi connectivity index (χ3v) is 4.24. The van der Waals surface area contributed by atoms with Gasteiger partial charge in [-0.15, -0.1) is 0 Å². The molecule has 0 radical (unpaired) electrons. The van der Waals surface area contributed by atoms with Gasteiger partial charge >= 0.3 is 11.5 Å². The van der Waals surface area contributed by atoms with E-state index in [0.29, 0.717) is 22.9 Å². The molecule has 0 fully saturated rings. The molecule has 2 rings (SSSR count). The van der Waals surface area contributed by atoms with E-state index in [1.54, 1.807) is 25.1 Å². The highest BCUT2D eigenvalue weighted by Crippen LogP contribution is 2.38. The van der Waals surface area contributed by atoms with E-state index in [1.165, 1.54) is 24.5 Å². The van der Waals surface area contributed by atoms with Gasteiger partial charge in [0.25, 0.3) is 0 Å². The van der Waals surface area contributed by atoms with Gasteiger partial charge in [0.15, 0.2) is 5.76 Å². The summed E-state index contributed by atoms with van der Waals surface area (Å²) in [4.78, 5) is 11.9. The number of thioether (sulfide) groups is 1. The molecule has 2 aromatic carbocycles. The zero-order valence-electron chi connectivity index (χ0n) is 14.8. The van der Waals surface area contributed by atoms with Gasteiger partial charge in [-0.1, -0.05) is 42.0 Å². The Kier molecular flexibility index (Phi) is 6.34. The Bertz CT molecular complexity index is 943. The summed E-state index contributed by atoms with van der Waals surface area (Å²) >= 11 is 0.705. The number of alkyl halides is 3. The minimum atomic E-state index is -4.67. The molecule has 0 saturated heterocycles. The van der Waals surface area contributed by atoms with Crippen molar-refractivity contribution >= 4 is 28.4 Å². The fourth-order valence-corrected chi connectivity index (χ4v) is 2.79. The second kappa shape index (κ2) is 8.31. The maximum Gasteiger partial charge on any atom is 0.417 e. The van der Waals surface area contributed by atoms with Gasteiger partial charge in [-0.05, 0) is 49.1 Å². The Morgan fingerprint density at radius 1 is 1.11 bits per heavy atom. The predicted molar refractivity (Wildman–Crippen MR) is 99.8 cm³/mol. The highest BCUT2D eigenvalue weighted by molar-refractivity contribution is 8.12. The molecule has 0 spiro atoms. The van der Waals surface area contributed by atoms with Crippen LogP contribution in [0.4, 0.5) is 18.0 Å². The third kappa shape index (κ3) is 4.72. The number of benzene rings is 2. The predicted octanol–water partition coefficient (Wildman–Crippen LogP) is 6.21. The van der Waals surface area contributed by atoms with Crippen LogP contribution in [0.1, 0.15) is 27.8 Å². The van der Waals surface area contributed by atoms with Gasteiger partial charge in [-0.25, -0.2) is 4.79 Å². The average molecular weight is 391 g/mol. The van der Waals surface area contributed by atoms with Gasteiger partial charge in [0.1, 0.15) is 11.6 Å². The lowest BCUT2D eigenvalue weighted by atomic mass is 9.94. The minimum absolute atomic E-state index is 0.133. The number of hydrogen-bond acceptors (Lipinski definition) is 4. The van der Waals surface area contributed by atoms with E-state index in [1.807, 2.05) is 13.0 Å². The van der Waals surface area contributed by atoms with Crippen molar-refractivity contribution in [3.8, 4) is 6.07 Å². The van der Waals surface area contributed by atoms with Gasteiger partial charge in [-0.3, -0.25) is 0 Å². The molecule has 2 aromatic rings. The van der Waals surface area contributed by atoms with Crippen molar-refractivity contribution in [2.24, 2.45) is 0 Å². The van der Waals surface area contributed by atoms with E-state index in [4.69, 9.17) is 4.74 Å². The van der Waals surface area contributed by atoms with Crippen molar-refractivity contribution in [1.29, 1.82) is 5.26 Å². The Morgan fingerprint density at radius 2 is 1.78 bits per heavy atom. The Balaban J connectivity index is 2.84. The molecule has 0 bridgehead atoms. The smallest absolute Gasteiger partial charge is 0.416 e. The maximum atomic E-state index is 13.5. The van der Waals surface area contributed by atoms with Crippen LogP contribution in [-0.2, 0) is 10.9 Å². The monoisotopic (exact) mass is 391 g/mol. The van der Waals surface area contributed by atoms with Crippen molar-refractivity contribution in [1.82, 2.24) is 0 Å². The molecule has 140 valence electrons. The minimum Gasteiger partial charge on any atom is -0.416 e. The van der Waals surface area contributed by atoms with Crippen LogP contribution in [0, 0.1) is 25.2 Å². The number of allylic oxidation sites excluding steroid dienone is 1. The summed E-state index contributed by atoms with van der Waals surface area (Å²) in [5.41, 5.74) is 0.562. The first-order valence-corrected chi connectivity index (χ1v) is 9.06. The van der Waals surface area contributed by atoms with Crippen LogP contribution < -0.4 is 0 Å².